The van der Waals surface area contributed by atoms with Gasteiger partial charge in [-0.3, -0.25) is 0 Å². The van der Waals surface area contributed by atoms with Crippen LogP contribution in [0.2, 0.25) is 0 Å². The molecule has 0 amide bonds. The Kier molecular flexibility index (Phi) is 2.64. The van der Waals surface area contributed by atoms with E-state index in [0.717, 1.165) is 11.8 Å². The van der Waals surface area contributed by atoms with Gasteiger partial charge in [-0.15, -0.1) is 0 Å². The minimum absolute atomic E-state index is 0.00551. The van der Waals surface area contributed by atoms with Crippen molar-refractivity contribution in [2.45, 2.75) is 52.1 Å². The van der Waals surface area contributed by atoms with E-state index in [9.17, 15) is 5.11 Å². The van der Waals surface area contributed by atoms with E-state index < -0.39 is 0 Å². The van der Waals surface area contributed by atoms with Gasteiger partial charge in [-0.25, -0.2) is 0 Å². The van der Waals surface area contributed by atoms with Gasteiger partial charge in [0.2, 0.25) is 0 Å². The van der Waals surface area contributed by atoms with E-state index >= 15 is 0 Å². The summed E-state index contributed by atoms with van der Waals surface area (Å²) >= 11 is 0. The van der Waals surface area contributed by atoms with Crippen molar-refractivity contribution in [3.63, 3.8) is 0 Å². The summed E-state index contributed by atoms with van der Waals surface area (Å²) in [5, 5.41) is 10.1. The second-order valence-electron chi connectivity index (χ2n) is 5.27. The molecule has 2 rings (SSSR count). The third-order valence-corrected chi connectivity index (χ3v) is 4.52. The molecule has 0 aromatic heterocycles. The molecule has 0 aromatic rings. The van der Waals surface area contributed by atoms with Crippen molar-refractivity contribution in [1.82, 2.24) is 0 Å². The summed E-state index contributed by atoms with van der Waals surface area (Å²) in [5.41, 5.74) is 0. The number of aliphatic hydroxyl groups excluding tert-OH is 1. The SMILES string of the molecule is CC1CC2CCCCC2C(O)C1C. The van der Waals surface area contributed by atoms with Gasteiger partial charge in [0, 0.05) is 0 Å². The Morgan fingerprint density at radius 3 is 2.54 bits per heavy atom. The van der Waals surface area contributed by atoms with E-state index in [1.165, 1.54) is 32.1 Å². The first-order valence-electron chi connectivity index (χ1n) is 5.88. The smallest absolute Gasteiger partial charge is 0.0599 e. The minimum atomic E-state index is -0.00551. The number of hydrogen-bond acceptors (Lipinski definition) is 1. The molecule has 0 spiro atoms. The molecule has 5 unspecified atom stereocenters. The molecular formula is C12H22O. The topological polar surface area (TPSA) is 20.2 Å². The van der Waals surface area contributed by atoms with Crippen molar-refractivity contribution in [3.8, 4) is 0 Å². The van der Waals surface area contributed by atoms with Crippen molar-refractivity contribution in [1.29, 1.82) is 0 Å². The highest BCUT2D eigenvalue weighted by Gasteiger charge is 2.40. The maximum atomic E-state index is 10.1. The van der Waals surface area contributed by atoms with Crippen molar-refractivity contribution in [3.05, 3.63) is 0 Å². The molecule has 13 heavy (non-hydrogen) atoms. The monoisotopic (exact) mass is 182 g/mol. The quantitative estimate of drug-likeness (QED) is 0.611. The van der Waals surface area contributed by atoms with E-state index in [0.29, 0.717) is 11.8 Å². The first-order valence-corrected chi connectivity index (χ1v) is 5.88. The number of fused-ring (bicyclic) bond motifs is 1. The highest BCUT2D eigenvalue weighted by atomic mass is 16.3. The molecule has 0 aromatic carbocycles. The van der Waals surface area contributed by atoms with Gasteiger partial charge in [-0.1, -0.05) is 33.1 Å². The van der Waals surface area contributed by atoms with Gasteiger partial charge in [0.1, 0.15) is 0 Å². The Labute approximate surface area is 81.5 Å². The zero-order valence-corrected chi connectivity index (χ0v) is 8.87. The predicted molar refractivity (Wildman–Crippen MR) is 54.4 cm³/mol. The maximum Gasteiger partial charge on any atom is 0.0599 e. The van der Waals surface area contributed by atoms with Crippen molar-refractivity contribution < 1.29 is 5.11 Å². The molecule has 2 fully saturated rings. The molecule has 0 aliphatic heterocycles. The molecule has 1 heteroatoms. The van der Waals surface area contributed by atoms with Gasteiger partial charge < -0.3 is 5.11 Å². The fourth-order valence-electron chi connectivity index (χ4n) is 3.40. The Hall–Kier alpha value is -0.0400. The normalized spacial score (nSPS) is 51.5. The Balaban J connectivity index is 2.08. The second kappa shape index (κ2) is 3.61. The lowest BCUT2D eigenvalue weighted by molar-refractivity contribution is -0.0507. The largest absolute Gasteiger partial charge is 0.393 e. The van der Waals surface area contributed by atoms with Crippen LogP contribution in [0.1, 0.15) is 46.0 Å². The summed E-state index contributed by atoms with van der Waals surface area (Å²) in [4.78, 5) is 0. The molecule has 0 saturated heterocycles. The Morgan fingerprint density at radius 2 is 1.77 bits per heavy atom. The van der Waals surface area contributed by atoms with Gasteiger partial charge in [-0.2, -0.15) is 0 Å². The van der Waals surface area contributed by atoms with Crippen LogP contribution in [-0.2, 0) is 0 Å². The summed E-state index contributed by atoms with van der Waals surface area (Å²) in [6.45, 7) is 4.53. The summed E-state index contributed by atoms with van der Waals surface area (Å²) in [5.74, 6) is 2.74. The summed E-state index contributed by atoms with van der Waals surface area (Å²) in [6, 6.07) is 0. The first kappa shape index (κ1) is 9.51. The van der Waals surface area contributed by atoms with Crippen molar-refractivity contribution in [2.75, 3.05) is 0 Å². The van der Waals surface area contributed by atoms with Crippen LogP contribution in [0.3, 0.4) is 0 Å². The summed E-state index contributed by atoms with van der Waals surface area (Å²) in [7, 11) is 0. The van der Waals surface area contributed by atoms with Gasteiger partial charge in [0.25, 0.3) is 0 Å². The second-order valence-corrected chi connectivity index (χ2v) is 5.27. The number of rotatable bonds is 0. The zero-order valence-electron chi connectivity index (χ0n) is 8.87. The maximum absolute atomic E-state index is 10.1. The van der Waals surface area contributed by atoms with Crippen LogP contribution in [0.4, 0.5) is 0 Å². The third kappa shape index (κ3) is 1.63. The van der Waals surface area contributed by atoms with Gasteiger partial charge in [0.05, 0.1) is 6.10 Å². The molecule has 0 radical (unpaired) electrons. The van der Waals surface area contributed by atoms with Gasteiger partial charge >= 0.3 is 0 Å². The van der Waals surface area contributed by atoms with Gasteiger partial charge in [-0.05, 0) is 36.5 Å². The lowest BCUT2D eigenvalue weighted by Gasteiger charge is -2.45. The highest BCUT2D eigenvalue weighted by molar-refractivity contribution is 4.90. The highest BCUT2D eigenvalue weighted by Crippen LogP contribution is 2.44. The molecule has 1 N–H and O–H groups in total. The van der Waals surface area contributed by atoms with E-state index in [4.69, 9.17) is 0 Å². The molecule has 5 atom stereocenters. The average molecular weight is 182 g/mol. The molecule has 76 valence electrons. The molecule has 2 saturated carbocycles. The van der Waals surface area contributed by atoms with Crippen molar-refractivity contribution in [2.24, 2.45) is 23.7 Å². The van der Waals surface area contributed by atoms with Crippen LogP contribution in [-0.4, -0.2) is 11.2 Å². The summed E-state index contributed by atoms with van der Waals surface area (Å²) in [6.07, 6.45) is 6.76. The van der Waals surface area contributed by atoms with Crippen LogP contribution in [0, 0.1) is 23.7 Å². The van der Waals surface area contributed by atoms with Crippen LogP contribution >= 0.6 is 0 Å². The zero-order chi connectivity index (χ0) is 9.42. The van der Waals surface area contributed by atoms with E-state index in [1.54, 1.807) is 0 Å². The van der Waals surface area contributed by atoms with Crippen molar-refractivity contribution >= 4 is 0 Å². The van der Waals surface area contributed by atoms with Crippen LogP contribution in [0.15, 0.2) is 0 Å². The van der Waals surface area contributed by atoms with Gasteiger partial charge in [0.15, 0.2) is 0 Å². The average Bonchev–Trinajstić information content (AvgIpc) is 2.15. The molecule has 2 aliphatic carbocycles. The van der Waals surface area contributed by atoms with E-state index in [1.807, 2.05) is 0 Å². The fraction of sp³-hybridized carbons (Fsp3) is 1.00. The molecule has 0 bridgehead atoms. The van der Waals surface area contributed by atoms with Crippen LogP contribution in [0.5, 0.6) is 0 Å². The summed E-state index contributed by atoms with van der Waals surface area (Å²) < 4.78 is 0. The van der Waals surface area contributed by atoms with Crippen LogP contribution < -0.4 is 0 Å². The predicted octanol–water partition coefficient (Wildman–Crippen LogP) is 2.83. The lowest BCUT2D eigenvalue weighted by atomic mass is 9.63. The number of hydrogen-bond donors (Lipinski definition) is 1. The lowest BCUT2D eigenvalue weighted by Crippen LogP contribution is -2.43. The minimum Gasteiger partial charge on any atom is -0.393 e. The van der Waals surface area contributed by atoms with E-state index in [2.05, 4.69) is 13.8 Å². The molecular weight excluding hydrogens is 160 g/mol. The van der Waals surface area contributed by atoms with Crippen LogP contribution in [0.25, 0.3) is 0 Å². The third-order valence-electron chi connectivity index (χ3n) is 4.52. The Morgan fingerprint density at radius 1 is 1.08 bits per heavy atom. The fourth-order valence-corrected chi connectivity index (χ4v) is 3.40. The molecule has 2 aliphatic rings. The Bertz CT molecular complexity index is 176. The standard InChI is InChI=1S/C12H22O/c1-8-7-10-5-3-4-6-11(10)12(13)9(8)2/h8-13H,3-7H2,1-2H3. The number of aliphatic hydroxyl groups is 1. The molecule has 1 nitrogen and oxygen atoms in total. The first-order chi connectivity index (χ1) is 6.20. The van der Waals surface area contributed by atoms with E-state index in [-0.39, 0.29) is 6.10 Å². The molecule has 0 heterocycles.